The van der Waals surface area contributed by atoms with Crippen LogP contribution in [0.3, 0.4) is 0 Å². The molecular formula is C39H59BrN2O2. The number of ether oxygens (including phenoxy) is 1. The van der Waals surface area contributed by atoms with Gasteiger partial charge in [-0.1, -0.05) is 120 Å². The molecule has 1 unspecified atom stereocenters. The highest BCUT2D eigenvalue weighted by Gasteiger charge is 2.31. The lowest BCUT2D eigenvalue weighted by molar-refractivity contribution is -0.469. The number of anilines is 1. The Morgan fingerprint density at radius 1 is 0.841 bits per heavy atom. The smallest absolute Gasteiger partial charge is 0.224 e. The van der Waals surface area contributed by atoms with Crippen LogP contribution < -0.4 is 31.6 Å². The number of halogens is 1. The van der Waals surface area contributed by atoms with Crippen molar-refractivity contribution in [3.8, 4) is 5.75 Å². The molecule has 4 nitrogen and oxygen atoms in total. The molecule has 1 amide bonds. The third-order valence-corrected chi connectivity index (χ3v) is 9.10. The number of carbonyl (C=O) groups excluding carboxylic acids is 1. The van der Waals surface area contributed by atoms with Crippen LogP contribution >= 0.6 is 0 Å². The molecule has 0 bridgehead atoms. The fourth-order valence-corrected chi connectivity index (χ4v) is 6.08. The Balaban J connectivity index is 0.00000675. The van der Waals surface area contributed by atoms with Gasteiger partial charge in [0.05, 0.1) is 18.6 Å². The number of unbranched alkanes of at least 4 members (excludes halogenated alkanes) is 13. The van der Waals surface area contributed by atoms with E-state index in [2.05, 4.69) is 62.2 Å². The average Bonchev–Trinajstić information content (AvgIpc) is 2.99. The van der Waals surface area contributed by atoms with E-state index in [9.17, 15) is 4.79 Å². The van der Waals surface area contributed by atoms with Crippen molar-refractivity contribution in [3.63, 3.8) is 0 Å². The van der Waals surface area contributed by atoms with Crippen molar-refractivity contribution in [1.82, 2.24) is 0 Å². The Bertz CT molecular complexity index is 1160. The van der Waals surface area contributed by atoms with Gasteiger partial charge in [-0.2, -0.15) is 0 Å². The number of hydrogen-bond donors (Lipinski definition) is 1. The van der Waals surface area contributed by atoms with E-state index < -0.39 is 0 Å². The number of benzene rings is 2. The molecule has 44 heavy (non-hydrogen) atoms. The van der Waals surface area contributed by atoms with Gasteiger partial charge in [-0.05, 0) is 62.1 Å². The minimum absolute atomic E-state index is 0. The number of nitrogens with one attached hydrogen (secondary N) is 1. The van der Waals surface area contributed by atoms with Gasteiger partial charge in [-0.3, -0.25) is 4.79 Å². The molecule has 2 aromatic rings. The maximum atomic E-state index is 12.8. The van der Waals surface area contributed by atoms with Crippen LogP contribution in [0.4, 0.5) is 5.69 Å². The van der Waals surface area contributed by atoms with Crippen molar-refractivity contribution >= 4 is 17.8 Å². The molecule has 5 heteroatoms. The quantitative estimate of drug-likeness (QED) is 0.172. The summed E-state index contributed by atoms with van der Waals surface area (Å²) in [5.41, 5.74) is 4.71. The maximum absolute atomic E-state index is 12.8. The highest BCUT2D eigenvalue weighted by molar-refractivity contribution is 5.91. The molecule has 3 rings (SSSR count). The summed E-state index contributed by atoms with van der Waals surface area (Å²) in [5.74, 6) is 0.934. The molecule has 1 heterocycles. The van der Waals surface area contributed by atoms with E-state index in [0.717, 1.165) is 43.0 Å². The first-order chi connectivity index (χ1) is 20.9. The van der Waals surface area contributed by atoms with Gasteiger partial charge in [0.1, 0.15) is 12.3 Å². The lowest BCUT2D eigenvalue weighted by Gasteiger charge is -2.29. The lowest BCUT2D eigenvalue weighted by atomic mass is 9.76. The molecule has 1 atom stereocenters. The van der Waals surface area contributed by atoms with Crippen LogP contribution in [0.25, 0.3) is 0 Å². The summed E-state index contributed by atoms with van der Waals surface area (Å²) in [5, 5.41) is 0. The van der Waals surface area contributed by atoms with Crippen LogP contribution in [0.2, 0.25) is 0 Å². The fourth-order valence-electron chi connectivity index (χ4n) is 6.08. The summed E-state index contributed by atoms with van der Waals surface area (Å²) in [6, 6.07) is 16.7. The van der Waals surface area contributed by atoms with Gasteiger partial charge in [0.15, 0.2) is 6.21 Å². The van der Waals surface area contributed by atoms with Crippen molar-refractivity contribution < 1.29 is 31.5 Å². The molecule has 0 aromatic heterocycles. The van der Waals surface area contributed by atoms with Crippen molar-refractivity contribution in [3.05, 3.63) is 71.3 Å². The lowest BCUT2D eigenvalue weighted by Crippen LogP contribution is -3.00. The Morgan fingerprint density at radius 2 is 1.43 bits per heavy atom. The summed E-state index contributed by atoms with van der Waals surface area (Å²) >= 11 is 0. The monoisotopic (exact) mass is 666 g/mol. The van der Waals surface area contributed by atoms with Crippen LogP contribution in [0.5, 0.6) is 5.75 Å². The van der Waals surface area contributed by atoms with Gasteiger partial charge < -0.3 is 26.6 Å². The van der Waals surface area contributed by atoms with Crippen LogP contribution in [0, 0.1) is 5.41 Å². The zero-order chi connectivity index (χ0) is 30.8. The van der Waals surface area contributed by atoms with Crippen LogP contribution in [0.15, 0.2) is 60.2 Å². The Hall–Kier alpha value is -2.40. The summed E-state index contributed by atoms with van der Waals surface area (Å²) < 4.78 is 6.11. The van der Waals surface area contributed by atoms with Crippen molar-refractivity contribution in [1.29, 1.82) is 0 Å². The molecule has 1 aliphatic rings. The Morgan fingerprint density at radius 3 is 2.05 bits per heavy atom. The van der Waals surface area contributed by atoms with Crippen molar-refractivity contribution in [2.24, 2.45) is 5.41 Å². The first kappa shape index (κ1) is 37.8. The second-order valence-corrected chi connectivity index (χ2v) is 13.0. The molecule has 1 aliphatic heterocycles. The fraction of sp³-hybridized carbons (Fsp3) is 0.590. The Kier molecular flexibility index (Phi) is 18.3. The molecule has 0 saturated heterocycles. The van der Waals surface area contributed by atoms with Crippen LogP contribution in [-0.2, 0) is 17.8 Å². The first-order valence-corrected chi connectivity index (χ1v) is 17.2. The molecule has 0 saturated carbocycles. The minimum atomic E-state index is 0. The maximum Gasteiger partial charge on any atom is 0.224 e. The van der Waals surface area contributed by atoms with Crippen LogP contribution in [-0.4, -0.2) is 25.3 Å². The summed E-state index contributed by atoms with van der Waals surface area (Å²) in [6.45, 7) is 10.6. The molecule has 0 spiro atoms. The standard InChI is InChI=1S/C39H58N2O2.BrH/c1-5-6-7-8-9-10-11-12-13-14-15-16-17-18-27-43-38-24-20-22-36(29-38)31-41(34(3)42)37-23-19-21-35(28-37)30-39(4)32-40-26-25-33(39)2;/h19-26,28-29H,5-18,27,30-32H2,1-4H3;1H. The average molecular weight is 668 g/mol. The van der Waals surface area contributed by atoms with E-state index in [1.807, 2.05) is 29.3 Å². The van der Waals surface area contributed by atoms with E-state index in [0.29, 0.717) is 6.54 Å². The summed E-state index contributed by atoms with van der Waals surface area (Å²) in [4.78, 5) is 18.0. The SMILES string of the molecule is CCCCCCCCCCCCCCCCOc1cccc(CN(C(C)=O)c2cccc(CC3(C)C[NH+]=CC=C3C)c2)c1.[Br-]. The third kappa shape index (κ3) is 13.7. The number of amides is 1. The Labute approximate surface area is 279 Å². The summed E-state index contributed by atoms with van der Waals surface area (Å²) in [6.07, 6.45) is 24.2. The van der Waals surface area contributed by atoms with Gasteiger partial charge in [0, 0.05) is 18.7 Å². The molecular weight excluding hydrogens is 608 g/mol. The van der Waals surface area contributed by atoms with E-state index >= 15 is 0 Å². The van der Waals surface area contributed by atoms with Gasteiger partial charge >= 0.3 is 0 Å². The molecule has 0 radical (unpaired) electrons. The highest BCUT2D eigenvalue weighted by atomic mass is 79.9. The first-order valence-electron chi connectivity index (χ1n) is 17.2. The van der Waals surface area contributed by atoms with Crippen LogP contribution in [0.1, 0.15) is 129 Å². The zero-order valence-corrected chi connectivity index (χ0v) is 29.7. The number of carbonyl (C=O) groups is 1. The molecule has 0 fully saturated rings. The van der Waals surface area contributed by atoms with Gasteiger partial charge in [-0.15, -0.1) is 0 Å². The van der Waals surface area contributed by atoms with E-state index in [1.54, 1.807) is 6.92 Å². The zero-order valence-electron chi connectivity index (χ0n) is 28.1. The normalized spacial score (nSPS) is 15.9. The second kappa shape index (κ2) is 21.4. The minimum Gasteiger partial charge on any atom is -1.00 e. The van der Waals surface area contributed by atoms with E-state index in [1.165, 1.54) is 94.6 Å². The second-order valence-electron chi connectivity index (χ2n) is 13.0. The summed E-state index contributed by atoms with van der Waals surface area (Å²) in [7, 11) is 0. The number of allylic oxidation sites excluding steroid dienone is 1. The highest BCUT2D eigenvalue weighted by Crippen LogP contribution is 2.31. The molecule has 0 aliphatic carbocycles. The predicted octanol–water partition coefficient (Wildman–Crippen LogP) is 5.76. The molecule has 2 aromatic carbocycles. The van der Waals surface area contributed by atoms with Gasteiger partial charge in [0.25, 0.3) is 0 Å². The van der Waals surface area contributed by atoms with E-state index in [4.69, 9.17) is 4.74 Å². The third-order valence-electron chi connectivity index (χ3n) is 9.10. The van der Waals surface area contributed by atoms with Crippen molar-refractivity contribution in [2.75, 3.05) is 18.1 Å². The molecule has 1 N–H and O–H groups in total. The molecule has 244 valence electrons. The van der Waals surface area contributed by atoms with Gasteiger partial charge in [0.2, 0.25) is 5.91 Å². The largest absolute Gasteiger partial charge is 1.00 e. The van der Waals surface area contributed by atoms with E-state index in [-0.39, 0.29) is 28.3 Å². The number of hydrogen-bond acceptors (Lipinski definition) is 2. The van der Waals surface area contributed by atoms with Gasteiger partial charge in [-0.25, -0.2) is 4.99 Å². The number of nitrogens with zero attached hydrogens (tertiary/aromatic N) is 1. The predicted molar refractivity (Wildman–Crippen MR) is 183 cm³/mol. The van der Waals surface area contributed by atoms with Crippen molar-refractivity contribution in [2.45, 2.75) is 131 Å². The number of rotatable bonds is 21. The topological polar surface area (TPSA) is 43.5 Å².